The molecule has 1 aliphatic rings. The first kappa shape index (κ1) is 18.7. The summed E-state index contributed by atoms with van der Waals surface area (Å²) in [5, 5.41) is 40.3. The molecule has 1 aromatic carbocycles. The molecule has 10 nitrogen and oxygen atoms in total. The summed E-state index contributed by atoms with van der Waals surface area (Å²) in [5.74, 6) is 0.335. The van der Waals surface area contributed by atoms with Crippen LogP contribution < -0.4 is 15.1 Å². The second-order valence-electron chi connectivity index (χ2n) is 6.34. The van der Waals surface area contributed by atoms with Crippen LogP contribution in [0.5, 0.6) is 11.5 Å². The molecule has 0 radical (unpaired) electrons. The van der Waals surface area contributed by atoms with Gasteiger partial charge in [-0.2, -0.15) is 0 Å². The van der Waals surface area contributed by atoms with Gasteiger partial charge in [0.2, 0.25) is 12.0 Å². The fourth-order valence-corrected chi connectivity index (χ4v) is 3.27. The summed E-state index contributed by atoms with van der Waals surface area (Å²) in [4.78, 5) is 11.7. The lowest BCUT2D eigenvalue weighted by molar-refractivity contribution is -0.277. The number of hydrogen-bond donors (Lipinski definition) is 4. The van der Waals surface area contributed by atoms with E-state index >= 15 is 0 Å². The van der Waals surface area contributed by atoms with Crippen LogP contribution in [-0.4, -0.2) is 64.8 Å². The Morgan fingerprint density at radius 1 is 1.00 bits per heavy atom. The molecule has 0 saturated carbocycles. The summed E-state index contributed by atoms with van der Waals surface area (Å²) in [7, 11) is 1.39. The Morgan fingerprint density at radius 3 is 2.46 bits per heavy atom. The molecular weight excluding hydrogens is 376 g/mol. The summed E-state index contributed by atoms with van der Waals surface area (Å²) in [5.41, 5.74) is -0.309. The van der Waals surface area contributed by atoms with Crippen molar-refractivity contribution in [1.82, 2.24) is 0 Å². The van der Waals surface area contributed by atoms with Crippen LogP contribution in [0.4, 0.5) is 0 Å². The normalized spacial score (nSPS) is 28.0. The predicted molar refractivity (Wildman–Crippen MR) is 93.2 cm³/mol. The van der Waals surface area contributed by atoms with Crippen molar-refractivity contribution < 1.29 is 43.5 Å². The predicted octanol–water partition coefficient (Wildman–Crippen LogP) is -0.273. The van der Waals surface area contributed by atoms with Gasteiger partial charge in [-0.25, -0.2) is 4.79 Å². The summed E-state index contributed by atoms with van der Waals surface area (Å²) < 4.78 is 27.2. The van der Waals surface area contributed by atoms with Gasteiger partial charge in [0, 0.05) is 6.07 Å². The van der Waals surface area contributed by atoms with Crippen molar-refractivity contribution in [2.45, 2.75) is 30.7 Å². The first-order chi connectivity index (χ1) is 13.5. The Labute approximate surface area is 157 Å². The first-order valence-electron chi connectivity index (χ1n) is 8.44. The summed E-state index contributed by atoms with van der Waals surface area (Å²) >= 11 is 0. The fraction of sp³-hybridized carbons (Fsp3) is 0.389. The van der Waals surface area contributed by atoms with Crippen molar-refractivity contribution in [1.29, 1.82) is 0 Å². The van der Waals surface area contributed by atoms with Gasteiger partial charge >= 0.3 is 5.63 Å². The van der Waals surface area contributed by atoms with Gasteiger partial charge in [0.25, 0.3) is 0 Å². The molecule has 0 spiro atoms. The van der Waals surface area contributed by atoms with Gasteiger partial charge in [-0.3, -0.25) is 0 Å². The Bertz CT molecular complexity index is 1050. The molecule has 5 unspecified atom stereocenters. The number of aliphatic hydroxyl groups is 4. The van der Waals surface area contributed by atoms with Gasteiger partial charge in [-0.15, -0.1) is 0 Å². The second kappa shape index (κ2) is 7.08. The van der Waals surface area contributed by atoms with Crippen molar-refractivity contribution in [3.63, 3.8) is 0 Å². The van der Waals surface area contributed by atoms with E-state index in [1.54, 1.807) is 6.07 Å². The molecule has 3 heterocycles. The molecule has 1 saturated heterocycles. The van der Waals surface area contributed by atoms with Gasteiger partial charge in [-0.05, 0) is 12.1 Å². The van der Waals surface area contributed by atoms with Crippen molar-refractivity contribution in [2.75, 3.05) is 13.7 Å². The maximum atomic E-state index is 11.7. The van der Waals surface area contributed by atoms with E-state index in [1.807, 2.05) is 0 Å². The Kier molecular flexibility index (Phi) is 4.73. The highest BCUT2D eigenvalue weighted by atomic mass is 16.7. The zero-order valence-corrected chi connectivity index (χ0v) is 14.6. The average molecular weight is 394 g/mol. The molecule has 0 aliphatic carbocycles. The van der Waals surface area contributed by atoms with E-state index in [9.17, 15) is 25.2 Å². The van der Waals surface area contributed by atoms with Crippen molar-refractivity contribution in [3.05, 3.63) is 34.9 Å². The highest BCUT2D eigenvalue weighted by Gasteiger charge is 2.45. The van der Waals surface area contributed by atoms with Gasteiger partial charge in [0.15, 0.2) is 11.2 Å². The number of rotatable bonds is 4. The van der Waals surface area contributed by atoms with Crippen LogP contribution in [0.15, 0.2) is 38.1 Å². The van der Waals surface area contributed by atoms with Gasteiger partial charge in [-0.1, -0.05) is 0 Å². The molecule has 5 atom stereocenters. The van der Waals surface area contributed by atoms with Crippen molar-refractivity contribution >= 4 is 21.9 Å². The minimum atomic E-state index is -1.60. The van der Waals surface area contributed by atoms with Crippen LogP contribution in [0.3, 0.4) is 0 Å². The molecule has 3 aromatic rings. The third kappa shape index (κ3) is 2.82. The molecule has 0 bridgehead atoms. The van der Waals surface area contributed by atoms with E-state index < -0.39 is 42.9 Å². The number of hydrogen-bond acceptors (Lipinski definition) is 10. The Balaban J connectivity index is 1.86. The lowest BCUT2D eigenvalue weighted by atomic mass is 9.99. The van der Waals surface area contributed by atoms with E-state index in [0.717, 1.165) is 0 Å². The lowest BCUT2D eigenvalue weighted by Crippen LogP contribution is -2.60. The number of benzene rings is 1. The topological polar surface area (TPSA) is 152 Å². The maximum Gasteiger partial charge on any atom is 0.336 e. The van der Waals surface area contributed by atoms with Crippen LogP contribution in [0.1, 0.15) is 0 Å². The Hall–Kier alpha value is -2.63. The second-order valence-corrected chi connectivity index (χ2v) is 6.34. The third-order valence-corrected chi connectivity index (χ3v) is 4.69. The van der Waals surface area contributed by atoms with Crippen LogP contribution in [-0.2, 0) is 4.74 Å². The molecule has 4 N–H and O–H groups in total. The SMILES string of the molecule is COc1c2occc2c(OC2OC(CO)C(O)C(O)C2O)c2ccc(=O)oc12. The summed E-state index contributed by atoms with van der Waals surface area (Å²) in [6, 6.07) is 4.23. The van der Waals surface area contributed by atoms with E-state index in [1.165, 1.54) is 25.5 Å². The Morgan fingerprint density at radius 2 is 1.75 bits per heavy atom. The van der Waals surface area contributed by atoms with Crippen molar-refractivity contribution in [2.24, 2.45) is 0 Å². The van der Waals surface area contributed by atoms with E-state index in [4.69, 9.17) is 23.0 Å². The molecule has 28 heavy (non-hydrogen) atoms. The molecule has 2 aromatic heterocycles. The van der Waals surface area contributed by atoms with Crippen LogP contribution in [0, 0.1) is 0 Å². The molecule has 10 heteroatoms. The number of methoxy groups -OCH3 is 1. The summed E-state index contributed by atoms with van der Waals surface area (Å²) in [6.45, 7) is -0.593. The number of fused-ring (bicyclic) bond motifs is 2. The molecule has 1 fully saturated rings. The summed E-state index contributed by atoms with van der Waals surface area (Å²) in [6.07, 6.45) is -5.89. The maximum absolute atomic E-state index is 11.7. The third-order valence-electron chi connectivity index (χ3n) is 4.69. The largest absolute Gasteiger partial charge is 0.490 e. The average Bonchev–Trinajstić information content (AvgIpc) is 3.17. The number of ether oxygens (including phenoxy) is 3. The van der Waals surface area contributed by atoms with E-state index in [2.05, 4.69) is 0 Å². The molecular formula is C18H18O10. The zero-order valence-electron chi connectivity index (χ0n) is 14.6. The highest BCUT2D eigenvalue weighted by Crippen LogP contribution is 2.43. The monoisotopic (exact) mass is 394 g/mol. The molecule has 150 valence electrons. The smallest absolute Gasteiger partial charge is 0.336 e. The fourth-order valence-electron chi connectivity index (χ4n) is 3.27. The lowest BCUT2D eigenvalue weighted by Gasteiger charge is -2.39. The first-order valence-corrected chi connectivity index (χ1v) is 8.44. The van der Waals surface area contributed by atoms with Gasteiger partial charge in [0.1, 0.15) is 30.2 Å². The zero-order chi connectivity index (χ0) is 20.0. The quantitative estimate of drug-likeness (QED) is 0.435. The van der Waals surface area contributed by atoms with Crippen LogP contribution in [0.25, 0.3) is 21.9 Å². The van der Waals surface area contributed by atoms with E-state index in [0.29, 0.717) is 10.8 Å². The minimum absolute atomic E-state index is 0.0667. The highest BCUT2D eigenvalue weighted by molar-refractivity contribution is 6.06. The van der Waals surface area contributed by atoms with Crippen LogP contribution >= 0.6 is 0 Å². The van der Waals surface area contributed by atoms with Crippen molar-refractivity contribution in [3.8, 4) is 11.5 Å². The number of furan rings is 1. The minimum Gasteiger partial charge on any atom is -0.490 e. The van der Waals surface area contributed by atoms with E-state index in [-0.39, 0.29) is 22.7 Å². The van der Waals surface area contributed by atoms with Crippen LogP contribution in [0.2, 0.25) is 0 Å². The molecule has 1 aliphatic heterocycles. The number of aliphatic hydroxyl groups excluding tert-OH is 4. The standard InChI is InChI=1S/C18H18O10/c1-24-17-15-8(4-5-25-15)14(7-2-3-10(20)27-16(7)17)28-18-13(23)12(22)11(21)9(6-19)26-18/h2-5,9,11-13,18-19,21-23H,6H2,1H3. The molecule has 4 rings (SSSR count). The van der Waals surface area contributed by atoms with Gasteiger partial charge in [0.05, 0.1) is 30.8 Å². The van der Waals surface area contributed by atoms with Gasteiger partial charge < -0.3 is 43.5 Å². The molecule has 0 amide bonds.